The van der Waals surface area contributed by atoms with Gasteiger partial charge in [0.2, 0.25) is 0 Å². The molecule has 0 spiro atoms. The van der Waals surface area contributed by atoms with E-state index in [2.05, 4.69) is 91.2 Å². The molecule has 1 aliphatic rings. The maximum absolute atomic E-state index is 4.97. The SMILES string of the molecule is CC.CCN(CC)C1CCN(C(C)c2cc(-c3ccccc3)nc3ccccc23)CC1. The zero-order valence-electron chi connectivity index (χ0n) is 20.0. The second-order valence-corrected chi connectivity index (χ2v) is 8.14. The number of aromatic nitrogens is 1. The second kappa shape index (κ2) is 11.4. The van der Waals surface area contributed by atoms with Crippen LogP contribution in [-0.4, -0.2) is 47.0 Å². The van der Waals surface area contributed by atoms with Crippen LogP contribution < -0.4 is 0 Å². The zero-order chi connectivity index (χ0) is 22.2. The van der Waals surface area contributed by atoms with Gasteiger partial charge in [0.15, 0.2) is 0 Å². The van der Waals surface area contributed by atoms with Crippen molar-refractivity contribution in [3.8, 4) is 11.3 Å². The molecule has 1 unspecified atom stereocenters. The van der Waals surface area contributed by atoms with Gasteiger partial charge in [0.05, 0.1) is 11.2 Å². The van der Waals surface area contributed by atoms with Crippen LogP contribution in [0.3, 0.4) is 0 Å². The van der Waals surface area contributed by atoms with Gasteiger partial charge in [0.25, 0.3) is 0 Å². The molecule has 2 aromatic carbocycles. The largest absolute Gasteiger partial charge is 0.301 e. The molecule has 3 nitrogen and oxygen atoms in total. The summed E-state index contributed by atoms with van der Waals surface area (Å²) >= 11 is 0. The van der Waals surface area contributed by atoms with Crippen LogP contribution in [-0.2, 0) is 0 Å². The van der Waals surface area contributed by atoms with Gasteiger partial charge in [-0.1, -0.05) is 76.2 Å². The molecule has 3 aromatic rings. The molecule has 4 rings (SSSR count). The Kier molecular flexibility index (Phi) is 8.62. The van der Waals surface area contributed by atoms with Crippen LogP contribution in [0.1, 0.15) is 59.1 Å². The molecular formula is C28H39N3. The summed E-state index contributed by atoms with van der Waals surface area (Å²) in [5.41, 5.74) is 4.75. The van der Waals surface area contributed by atoms with Gasteiger partial charge in [-0.3, -0.25) is 4.90 Å². The summed E-state index contributed by atoms with van der Waals surface area (Å²) in [4.78, 5) is 10.3. The predicted octanol–water partition coefficient (Wildman–Crippen LogP) is 6.80. The average Bonchev–Trinajstić information content (AvgIpc) is 2.86. The first-order chi connectivity index (χ1) is 15.2. The third-order valence-electron chi connectivity index (χ3n) is 6.64. The third kappa shape index (κ3) is 5.34. The lowest BCUT2D eigenvalue weighted by Gasteiger charge is -2.40. The first-order valence-electron chi connectivity index (χ1n) is 12.1. The van der Waals surface area contributed by atoms with E-state index in [0.29, 0.717) is 6.04 Å². The molecule has 0 N–H and O–H groups in total. The molecule has 1 fully saturated rings. The van der Waals surface area contributed by atoms with Gasteiger partial charge >= 0.3 is 0 Å². The molecule has 3 heteroatoms. The molecule has 1 aromatic heterocycles. The Bertz CT molecular complexity index is 925. The highest BCUT2D eigenvalue weighted by atomic mass is 15.2. The van der Waals surface area contributed by atoms with Crippen LogP contribution in [0, 0.1) is 0 Å². The number of piperidine rings is 1. The normalized spacial score (nSPS) is 16.2. The lowest BCUT2D eigenvalue weighted by Crippen LogP contribution is -2.45. The van der Waals surface area contributed by atoms with Gasteiger partial charge in [-0.25, -0.2) is 4.98 Å². The molecule has 31 heavy (non-hydrogen) atoms. The Hall–Kier alpha value is -2.23. The van der Waals surface area contributed by atoms with Crippen LogP contribution in [0.15, 0.2) is 60.7 Å². The molecule has 1 saturated heterocycles. The molecule has 2 heterocycles. The highest BCUT2D eigenvalue weighted by Crippen LogP contribution is 2.33. The molecular weight excluding hydrogens is 378 g/mol. The van der Waals surface area contributed by atoms with E-state index in [-0.39, 0.29) is 0 Å². The Morgan fingerprint density at radius 1 is 0.935 bits per heavy atom. The monoisotopic (exact) mass is 417 g/mol. The van der Waals surface area contributed by atoms with Crippen LogP contribution in [0.4, 0.5) is 0 Å². The first kappa shape index (κ1) is 23.4. The summed E-state index contributed by atoms with van der Waals surface area (Å²) in [7, 11) is 0. The summed E-state index contributed by atoms with van der Waals surface area (Å²) in [6.45, 7) is 15.6. The summed E-state index contributed by atoms with van der Waals surface area (Å²) in [5.74, 6) is 0. The van der Waals surface area contributed by atoms with Crippen LogP contribution in [0.25, 0.3) is 22.2 Å². The number of fused-ring (bicyclic) bond motifs is 1. The smallest absolute Gasteiger partial charge is 0.0713 e. The van der Waals surface area contributed by atoms with E-state index < -0.39 is 0 Å². The van der Waals surface area contributed by atoms with E-state index in [1.54, 1.807) is 0 Å². The second-order valence-electron chi connectivity index (χ2n) is 8.14. The molecule has 0 aliphatic carbocycles. The molecule has 0 amide bonds. The Morgan fingerprint density at radius 2 is 1.55 bits per heavy atom. The van der Waals surface area contributed by atoms with E-state index in [9.17, 15) is 0 Å². The van der Waals surface area contributed by atoms with Gasteiger partial charge in [0, 0.05) is 36.1 Å². The van der Waals surface area contributed by atoms with Crippen molar-refractivity contribution in [1.82, 2.24) is 14.8 Å². The molecule has 1 aliphatic heterocycles. The Labute approximate surface area is 189 Å². The van der Waals surface area contributed by atoms with Crippen molar-refractivity contribution in [1.29, 1.82) is 0 Å². The number of pyridine rings is 1. The van der Waals surface area contributed by atoms with Crippen molar-refractivity contribution in [3.63, 3.8) is 0 Å². The van der Waals surface area contributed by atoms with E-state index in [1.807, 2.05) is 13.8 Å². The fourth-order valence-electron chi connectivity index (χ4n) is 4.88. The maximum atomic E-state index is 4.97. The number of hydrogen-bond acceptors (Lipinski definition) is 3. The van der Waals surface area contributed by atoms with E-state index in [0.717, 1.165) is 30.3 Å². The number of benzene rings is 2. The van der Waals surface area contributed by atoms with E-state index in [1.165, 1.54) is 42.4 Å². The van der Waals surface area contributed by atoms with Crippen molar-refractivity contribution in [2.24, 2.45) is 0 Å². The third-order valence-corrected chi connectivity index (χ3v) is 6.64. The lowest BCUT2D eigenvalue weighted by molar-refractivity contribution is 0.0943. The molecule has 0 bridgehead atoms. The van der Waals surface area contributed by atoms with Gasteiger partial charge in [-0.2, -0.15) is 0 Å². The van der Waals surface area contributed by atoms with Crippen molar-refractivity contribution in [2.75, 3.05) is 26.2 Å². The van der Waals surface area contributed by atoms with Gasteiger partial charge in [-0.05, 0) is 50.6 Å². The van der Waals surface area contributed by atoms with E-state index in [4.69, 9.17) is 4.98 Å². The average molecular weight is 418 g/mol. The number of hydrogen-bond donors (Lipinski definition) is 0. The summed E-state index contributed by atoms with van der Waals surface area (Å²) < 4.78 is 0. The van der Waals surface area contributed by atoms with Gasteiger partial charge < -0.3 is 4.90 Å². The quantitative estimate of drug-likeness (QED) is 0.440. The predicted molar refractivity (Wildman–Crippen MR) is 134 cm³/mol. The van der Waals surface area contributed by atoms with Crippen molar-refractivity contribution < 1.29 is 0 Å². The minimum atomic E-state index is 0.392. The molecule has 166 valence electrons. The summed E-state index contributed by atoms with van der Waals surface area (Å²) in [5, 5.41) is 1.28. The van der Waals surface area contributed by atoms with Crippen molar-refractivity contribution >= 4 is 10.9 Å². The van der Waals surface area contributed by atoms with Crippen LogP contribution in [0.2, 0.25) is 0 Å². The Balaban J connectivity index is 0.00000132. The van der Waals surface area contributed by atoms with E-state index >= 15 is 0 Å². The molecule has 0 radical (unpaired) electrons. The number of rotatable bonds is 6. The number of para-hydroxylation sites is 1. The highest BCUT2D eigenvalue weighted by Gasteiger charge is 2.27. The standard InChI is InChI=1S/C26H33N3.C2H6/c1-4-28(5-2)22-15-17-29(18-16-22)20(3)24-19-26(21-11-7-6-8-12-21)27-25-14-10-9-13-23(24)25;1-2/h6-14,19-20,22H,4-5,15-18H2,1-3H3;1-2H3. The van der Waals surface area contributed by atoms with Crippen LogP contribution >= 0.6 is 0 Å². The minimum absolute atomic E-state index is 0.392. The summed E-state index contributed by atoms with van der Waals surface area (Å²) in [6.07, 6.45) is 2.53. The Morgan fingerprint density at radius 3 is 2.19 bits per heavy atom. The fraction of sp³-hybridized carbons (Fsp3) is 0.464. The number of nitrogens with zero attached hydrogens (tertiary/aromatic N) is 3. The van der Waals surface area contributed by atoms with Crippen molar-refractivity contribution in [3.05, 3.63) is 66.2 Å². The number of likely N-dealkylation sites (tertiary alicyclic amines) is 1. The van der Waals surface area contributed by atoms with Crippen LogP contribution in [0.5, 0.6) is 0 Å². The van der Waals surface area contributed by atoms with Gasteiger partial charge in [-0.15, -0.1) is 0 Å². The maximum Gasteiger partial charge on any atom is 0.0713 e. The van der Waals surface area contributed by atoms with Crippen molar-refractivity contribution in [2.45, 2.75) is 59.5 Å². The van der Waals surface area contributed by atoms with Gasteiger partial charge in [0.1, 0.15) is 0 Å². The first-order valence-corrected chi connectivity index (χ1v) is 12.1. The summed E-state index contributed by atoms with van der Waals surface area (Å²) in [6, 6.07) is 22.6. The topological polar surface area (TPSA) is 19.4 Å². The lowest BCUT2D eigenvalue weighted by atomic mass is 9.95. The minimum Gasteiger partial charge on any atom is -0.301 e. The highest BCUT2D eigenvalue weighted by molar-refractivity contribution is 5.85. The molecule has 1 atom stereocenters. The fourth-order valence-corrected chi connectivity index (χ4v) is 4.88. The molecule has 0 saturated carbocycles. The zero-order valence-corrected chi connectivity index (χ0v) is 20.0.